The zero-order chi connectivity index (χ0) is 27.0. The number of methoxy groups -OCH3 is 1. The number of hydrogen-bond acceptors (Lipinski definition) is 8. The number of carbonyl (C=O) groups is 3. The van der Waals surface area contributed by atoms with Crippen molar-refractivity contribution in [2.75, 3.05) is 25.6 Å². The number of Topliss-reactive ketones (excluding diaryl/α,β-unsaturated/α-hetero) is 1. The Morgan fingerprint density at radius 2 is 1.92 bits per heavy atom. The number of nitrogens with zero attached hydrogens (tertiary/aromatic N) is 5. The number of halogens is 1. The largest absolute Gasteiger partial charge is 0.496 e. The first-order valence-corrected chi connectivity index (χ1v) is 12.5. The standard InChI is InChI=1S/C25H28FN5O5S/c1-13(2)29(4)20(33)11-17-22(34)21-14(3)24(31-27-8-9-28-31)37-25(21)30(23(17)35)12-18(32)16-10-15(26)6-7-19(16)36-5/h6-10,13,17-18,32H,11-12H2,1-5H3/t17?,18-/m0/s1. The maximum absolute atomic E-state index is 14.0. The number of rotatable bonds is 8. The number of β-amino-alcohol motifs (C(OH)–C–C–N with tert-alkyl or cyclic N) is 1. The quantitative estimate of drug-likeness (QED) is 0.446. The number of thiophene rings is 1. The van der Waals surface area contributed by atoms with Crippen LogP contribution in [0, 0.1) is 18.7 Å². The van der Waals surface area contributed by atoms with Crippen LogP contribution in [-0.4, -0.2) is 69.3 Å². The average molecular weight is 530 g/mol. The number of benzene rings is 1. The van der Waals surface area contributed by atoms with Crippen molar-refractivity contribution in [1.82, 2.24) is 19.9 Å². The summed E-state index contributed by atoms with van der Waals surface area (Å²) in [7, 11) is 3.01. The van der Waals surface area contributed by atoms with Crippen LogP contribution in [0.1, 0.15) is 47.9 Å². The van der Waals surface area contributed by atoms with E-state index in [9.17, 15) is 23.9 Å². The fourth-order valence-corrected chi connectivity index (χ4v) is 5.49. The van der Waals surface area contributed by atoms with E-state index in [0.717, 1.165) is 17.4 Å². The van der Waals surface area contributed by atoms with Crippen LogP contribution in [0.15, 0.2) is 30.6 Å². The molecule has 3 aromatic rings. The molecule has 0 radical (unpaired) electrons. The molecule has 0 aliphatic carbocycles. The van der Waals surface area contributed by atoms with E-state index in [2.05, 4.69) is 10.2 Å². The van der Waals surface area contributed by atoms with Crippen LogP contribution in [0.2, 0.25) is 0 Å². The number of aliphatic hydroxyl groups excluding tert-OH is 1. The van der Waals surface area contributed by atoms with Crippen molar-refractivity contribution < 1.29 is 28.6 Å². The second-order valence-corrected chi connectivity index (χ2v) is 10.1. The van der Waals surface area contributed by atoms with E-state index in [1.807, 2.05) is 13.8 Å². The fraction of sp³-hybridized carbons (Fsp3) is 0.400. The highest BCUT2D eigenvalue weighted by atomic mass is 32.1. The Labute approximate surface area is 217 Å². The van der Waals surface area contributed by atoms with Gasteiger partial charge in [0.1, 0.15) is 33.6 Å². The number of aromatic nitrogens is 3. The summed E-state index contributed by atoms with van der Waals surface area (Å²) in [5.41, 5.74) is 0.995. The molecule has 2 atom stereocenters. The summed E-state index contributed by atoms with van der Waals surface area (Å²) in [6.07, 6.45) is 1.34. The molecule has 12 heteroatoms. The van der Waals surface area contributed by atoms with Gasteiger partial charge in [0, 0.05) is 30.6 Å². The van der Waals surface area contributed by atoms with E-state index < -0.39 is 29.5 Å². The predicted molar refractivity (Wildman–Crippen MR) is 135 cm³/mol. The number of amides is 2. The van der Waals surface area contributed by atoms with Crippen molar-refractivity contribution in [3.05, 3.63) is 53.1 Å². The van der Waals surface area contributed by atoms with Crippen LogP contribution in [0.5, 0.6) is 5.75 Å². The Bertz CT molecular complexity index is 1340. The Morgan fingerprint density at radius 3 is 2.54 bits per heavy atom. The van der Waals surface area contributed by atoms with Gasteiger partial charge < -0.3 is 14.7 Å². The van der Waals surface area contributed by atoms with Gasteiger partial charge in [0.2, 0.25) is 11.8 Å². The lowest BCUT2D eigenvalue weighted by Crippen LogP contribution is -2.48. The number of ketones is 1. The smallest absolute Gasteiger partial charge is 0.239 e. The van der Waals surface area contributed by atoms with Crippen LogP contribution in [-0.2, 0) is 9.59 Å². The first-order chi connectivity index (χ1) is 17.5. The van der Waals surface area contributed by atoms with Gasteiger partial charge in [-0.15, -0.1) is 4.80 Å². The minimum absolute atomic E-state index is 0.115. The van der Waals surface area contributed by atoms with E-state index in [0.29, 0.717) is 15.6 Å². The lowest BCUT2D eigenvalue weighted by atomic mass is 9.88. The minimum atomic E-state index is -1.33. The highest BCUT2D eigenvalue weighted by Gasteiger charge is 2.45. The summed E-state index contributed by atoms with van der Waals surface area (Å²) in [5, 5.41) is 20.2. The summed E-state index contributed by atoms with van der Waals surface area (Å²) in [6.45, 7) is 5.12. The molecule has 0 saturated carbocycles. The summed E-state index contributed by atoms with van der Waals surface area (Å²) in [4.78, 5) is 44.3. The molecule has 1 aliphatic rings. The van der Waals surface area contributed by atoms with Crippen molar-refractivity contribution in [2.24, 2.45) is 5.92 Å². The molecule has 3 heterocycles. The molecule has 2 aromatic heterocycles. The lowest BCUT2D eigenvalue weighted by molar-refractivity contribution is -0.135. The van der Waals surface area contributed by atoms with E-state index >= 15 is 0 Å². The molecule has 1 aromatic carbocycles. The van der Waals surface area contributed by atoms with E-state index in [1.165, 1.54) is 46.2 Å². The van der Waals surface area contributed by atoms with Crippen LogP contribution in [0.4, 0.5) is 9.39 Å². The SMILES string of the molecule is COc1ccc(F)cc1[C@@H](O)CN1C(=O)C(CC(=O)N(C)C(C)C)C(=O)c2c1sc(-n1nccn1)c2C. The van der Waals surface area contributed by atoms with Crippen LogP contribution in [0.25, 0.3) is 5.00 Å². The van der Waals surface area contributed by atoms with Crippen LogP contribution >= 0.6 is 11.3 Å². The Kier molecular flexibility index (Phi) is 7.42. The summed E-state index contributed by atoms with van der Waals surface area (Å²) < 4.78 is 19.3. The Hall–Kier alpha value is -3.64. The highest BCUT2D eigenvalue weighted by molar-refractivity contribution is 7.19. The molecular weight excluding hydrogens is 501 g/mol. The molecule has 1 N–H and O–H groups in total. The minimum Gasteiger partial charge on any atom is -0.496 e. The molecule has 0 bridgehead atoms. The maximum atomic E-state index is 14.0. The maximum Gasteiger partial charge on any atom is 0.239 e. The number of aliphatic hydroxyl groups is 1. The first-order valence-electron chi connectivity index (χ1n) is 11.7. The van der Waals surface area contributed by atoms with Gasteiger partial charge in [0.25, 0.3) is 0 Å². The van der Waals surface area contributed by atoms with Gasteiger partial charge in [0.05, 0.1) is 31.6 Å². The van der Waals surface area contributed by atoms with Crippen molar-refractivity contribution in [1.29, 1.82) is 0 Å². The molecule has 0 spiro atoms. The molecule has 37 heavy (non-hydrogen) atoms. The molecule has 1 aliphatic heterocycles. The molecule has 4 rings (SSSR count). The Morgan fingerprint density at radius 1 is 1.24 bits per heavy atom. The molecule has 1 unspecified atom stereocenters. The third-order valence-electron chi connectivity index (χ3n) is 6.53. The summed E-state index contributed by atoms with van der Waals surface area (Å²) in [5.74, 6) is -3.02. The zero-order valence-corrected chi connectivity index (χ0v) is 22.0. The molecule has 2 amide bonds. The molecule has 10 nitrogen and oxygen atoms in total. The number of carbonyl (C=O) groups excluding carboxylic acids is 3. The number of ether oxygens (including phenoxy) is 1. The van der Waals surface area contributed by atoms with E-state index in [1.54, 1.807) is 14.0 Å². The second-order valence-electron chi connectivity index (χ2n) is 9.10. The lowest BCUT2D eigenvalue weighted by Gasteiger charge is -2.33. The van der Waals surface area contributed by atoms with Gasteiger partial charge in [-0.1, -0.05) is 11.3 Å². The van der Waals surface area contributed by atoms with Gasteiger partial charge in [-0.05, 0) is 39.0 Å². The number of anilines is 1. The van der Waals surface area contributed by atoms with Crippen LogP contribution < -0.4 is 9.64 Å². The summed E-state index contributed by atoms with van der Waals surface area (Å²) in [6, 6.07) is 3.62. The molecule has 0 fully saturated rings. The van der Waals surface area contributed by atoms with Gasteiger partial charge in [-0.25, -0.2) is 4.39 Å². The first kappa shape index (κ1) is 26.4. The molecule has 0 saturated heterocycles. The van der Waals surface area contributed by atoms with Gasteiger partial charge in [-0.3, -0.25) is 19.3 Å². The summed E-state index contributed by atoms with van der Waals surface area (Å²) >= 11 is 1.13. The van der Waals surface area contributed by atoms with Gasteiger partial charge in [-0.2, -0.15) is 10.2 Å². The van der Waals surface area contributed by atoms with Crippen LogP contribution in [0.3, 0.4) is 0 Å². The van der Waals surface area contributed by atoms with Crippen molar-refractivity contribution in [3.63, 3.8) is 0 Å². The molecule has 196 valence electrons. The predicted octanol–water partition coefficient (Wildman–Crippen LogP) is 2.92. The monoisotopic (exact) mass is 529 g/mol. The Balaban J connectivity index is 1.78. The fourth-order valence-electron chi connectivity index (χ4n) is 4.25. The van der Waals surface area contributed by atoms with Crippen molar-refractivity contribution in [2.45, 2.75) is 39.3 Å². The van der Waals surface area contributed by atoms with E-state index in [-0.39, 0.29) is 41.8 Å². The molecular formula is C25H28FN5O5S. The average Bonchev–Trinajstić information content (AvgIpc) is 3.51. The zero-order valence-electron chi connectivity index (χ0n) is 21.1. The van der Waals surface area contributed by atoms with E-state index in [4.69, 9.17) is 4.74 Å². The third kappa shape index (κ3) is 4.86. The highest BCUT2D eigenvalue weighted by Crippen LogP contribution is 2.44. The second kappa shape index (κ2) is 10.4. The van der Waals surface area contributed by atoms with Crippen molar-refractivity contribution in [3.8, 4) is 10.8 Å². The topological polar surface area (TPSA) is 118 Å². The van der Waals surface area contributed by atoms with Gasteiger partial charge >= 0.3 is 0 Å². The third-order valence-corrected chi connectivity index (χ3v) is 7.81. The van der Waals surface area contributed by atoms with Crippen molar-refractivity contribution >= 4 is 33.9 Å². The van der Waals surface area contributed by atoms with Gasteiger partial charge in [0.15, 0.2) is 5.78 Å². The number of fused-ring (bicyclic) bond motifs is 1. The number of hydrogen-bond donors (Lipinski definition) is 1. The normalized spacial score (nSPS) is 16.2.